The molecule has 2 atom stereocenters. The van der Waals surface area contributed by atoms with Crippen LogP contribution in [0.15, 0.2) is 72.8 Å². The van der Waals surface area contributed by atoms with E-state index < -0.39 is 17.8 Å². The number of nitrogens with two attached hydrogens (primary N) is 1. The molecule has 0 radical (unpaired) electrons. The molecule has 24 heavy (non-hydrogen) atoms. The third-order valence-electron chi connectivity index (χ3n) is 3.98. The lowest BCUT2D eigenvalue weighted by Gasteiger charge is -2.28. The van der Waals surface area contributed by atoms with Crippen LogP contribution in [0.25, 0.3) is 10.8 Å². The van der Waals surface area contributed by atoms with Crippen molar-refractivity contribution < 1.29 is 14.6 Å². The van der Waals surface area contributed by atoms with E-state index in [-0.39, 0.29) is 0 Å². The van der Waals surface area contributed by atoms with E-state index in [1.165, 1.54) is 0 Å². The highest BCUT2D eigenvalue weighted by Crippen LogP contribution is 2.29. The van der Waals surface area contributed by atoms with Gasteiger partial charge >= 0.3 is 5.97 Å². The summed E-state index contributed by atoms with van der Waals surface area (Å²) in [6.45, 7) is 1.62. The summed E-state index contributed by atoms with van der Waals surface area (Å²) in [5.41, 5.74) is 6.07. The highest BCUT2D eigenvalue weighted by molar-refractivity contribution is 5.87. The van der Waals surface area contributed by atoms with Crippen molar-refractivity contribution in [1.29, 1.82) is 0 Å². The van der Waals surface area contributed by atoms with E-state index in [2.05, 4.69) is 0 Å². The van der Waals surface area contributed by atoms with Crippen molar-refractivity contribution in [2.45, 2.75) is 18.8 Å². The first-order valence-electron chi connectivity index (χ1n) is 7.72. The molecule has 3 aromatic carbocycles. The van der Waals surface area contributed by atoms with E-state index in [0.29, 0.717) is 11.1 Å². The second kappa shape index (κ2) is 6.43. The Balaban J connectivity index is 1.89. The summed E-state index contributed by atoms with van der Waals surface area (Å²) in [5.74, 6) is -0.779. The molecule has 3 N–H and O–H groups in total. The Morgan fingerprint density at radius 3 is 2.38 bits per heavy atom. The molecule has 0 aliphatic heterocycles. The van der Waals surface area contributed by atoms with Gasteiger partial charge in [0, 0.05) is 5.56 Å². The van der Waals surface area contributed by atoms with Crippen LogP contribution in [0, 0.1) is 0 Å². The van der Waals surface area contributed by atoms with Gasteiger partial charge in [0.05, 0.1) is 0 Å². The molecule has 4 heteroatoms. The molecule has 3 aromatic rings. The SMILES string of the molecule is CC(N)(OC(=O)[C@H](O)c1ccccc1)c1cccc2ccccc12. The van der Waals surface area contributed by atoms with Crippen LogP contribution in [0.2, 0.25) is 0 Å². The van der Waals surface area contributed by atoms with E-state index in [4.69, 9.17) is 10.5 Å². The number of esters is 1. The van der Waals surface area contributed by atoms with E-state index >= 15 is 0 Å². The van der Waals surface area contributed by atoms with Crippen molar-refractivity contribution in [2.75, 3.05) is 0 Å². The summed E-state index contributed by atoms with van der Waals surface area (Å²) in [5, 5.41) is 12.1. The molecule has 0 aliphatic rings. The first-order chi connectivity index (χ1) is 11.5. The van der Waals surface area contributed by atoms with Crippen LogP contribution in [0.4, 0.5) is 0 Å². The average Bonchev–Trinajstić information content (AvgIpc) is 2.61. The number of carbonyl (C=O) groups excluding carboxylic acids is 1. The highest BCUT2D eigenvalue weighted by atomic mass is 16.6. The van der Waals surface area contributed by atoms with Crippen molar-refractivity contribution in [3.05, 3.63) is 83.9 Å². The summed E-state index contributed by atoms with van der Waals surface area (Å²) in [7, 11) is 0. The van der Waals surface area contributed by atoms with E-state index in [1.54, 1.807) is 31.2 Å². The quantitative estimate of drug-likeness (QED) is 0.571. The van der Waals surface area contributed by atoms with Gasteiger partial charge in [-0.3, -0.25) is 5.73 Å². The Morgan fingerprint density at radius 1 is 1.00 bits per heavy atom. The van der Waals surface area contributed by atoms with Gasteiger partial charge in [-0.15, -0.1) is 0 Å². The van der Waals surface area contributed by atoms with Gasteiger partial charge in [-0.2, -0.15) is 0 Å². The minimum absolute atomic E-state index is 0.469. The molecule has 0 bridgehead atoms. The van der Waals surface area contributed by atoms with Crippen LogP contribution in [0.1, 0.15) is 24.2 Å². The number of carbonyl (C=O) groups is 1. The molecule has 3 rings (SSSR count). The Kier molecular flexibility index (Phi) is 4.34. The molecular weight excluding hydrogens is 302 g/mol. The standard InChI is InChI=1S/C20H19NO3/c1-20(21,17-13-7-11-14-8-5-6-12-16(14)17)24-19(23)18(22)15-9-3-2-4-10-15/h2-13,18,22H,21H2,1H3/t18-,20?/m1/s1. The van der Waals surface area contributed by atoms with Gasteiger partial charge in [0.2, 0.25) is 0 Å². The predicted octanol–water partition coefficient (Wildman–Crippen LogP) is 3.25. The van der Waals surface area contributed by atoms with Crippen molar-refractivity contribution in [2.24, 2.45) is 5.73 Å². The first kappa shape index (κ1) is 16.2. The second-order valence-corrected chi connectivity index (χ2v) is 5.87. The lowest BCUT2D eigenvalue weighted by atomic mass is 9.97. The zero-order valence-electron chi connectivity index (χ0n) is 13.3. The number of ether oxygens (including phenoxy) is 1. The topological polar surface area (TPSA) is 72.5 Å². The third-order valence-corrected chi connectivity index (χ3v) is 3.98. The Hall–Kier alpha value is -2.69. The lowest BCUT2D eigenvalue weighted by Crippen LogP contribution is -2.40. The monoisotopic (exact) mass is 321 g/mol. The van der Waals surface area contributed by atoms with Crippen LogP contribution in [0.5, 0.6) is 0 Å². The summed E-state index contributed by atoms with van der Waals surface area (Å²) in [4.78, 5) is 12.3. The van der Waals surface area contributed by atoms with Gasteiger partial charge < -0.3 is 9.84 Å². The largest absolute Gasteiger partial charge is 0.438 e. The molecule has 0 amide bonds. The molecule has 0 aliphatic carbocycles. The Bertz CT molecular complexity index is 854. The molecule has 4 nitrogen and oxygen atoms in total. The van der Waals surface area contributed by atoms with Gasteiger partial charge in [-0.1, -0.05) is 72.8 Å². The predicted molar refractivity (Wildman–Crippen MR) is 93.0 cm³/mol. The number of aliphatic hydroxyl groups excluding tert-OH is 1. The van der Waals surface area contributed by atoms with Crippen molar-refractivity contribution in [3.63, 3.8) is 0 Å². The zero-order valence-corrected chi connectivity index (χ0v) is 13.3. The molecule has 0 saturated heterocycles. The fraction of sp³-hybridized carbons (Fsp3) is 0.150. The number of rotatable bonds is 4. The molecule has 0 heterocycles. The number of fused-ring (bicyclic) bond motifs is 1. The maximum absolute atomic E-state index is 12.3. The van der Waals surface area contributed by atoms with Crippen LogP contribution >= 0.6 is 0 Å². The fourth-order valence-corrected chi connectivity index (χ4v) is 2.75. The van der Waals surface area contributed by atoms with E-state index in [9.17, 15) is 9.90 Å². The van der Waals surface area contributed by atoms with Crippen LogP contribution in [0.3, 0.4) is 0 Å². The lowest BCUT2D eigenvalue weighted by molar-refractivity contribution is -0.169. The Morgan fingerprint density at radius 2 is 1.62 bits per heavy atom. The smallest absolute Gasteiger partial charge is 0.341 e. The van der Waals surface area contributed by atoms with Gasteiger partial charge in [-0.25, -0.2) is 4.79 Å². The second-order valence-electron chi connectivity index (χ2n) is 5.87. The van der Waals surface area contributed by atoms with E-state index in [0.717, 1.165) is 10.8 Å². The van der Waals surface area contributed by atoms with Gasteiger partial charge in [0.25, 0.3) is 0 Å². The summed E-state index contributed by atoms with van der Waals surface area (Å²) in [6, 6.07) is 22.0. The average molecular weight is 321 g/mol. The molecule has 1 unspecified atom stereocenters. The minimum atomic E-state index is -1.37. The molecule has 122 valence electrons. The molecular formula is C20H19NO3. The maximum Gasteiger partial charge on any atom is 0.341 e. The van der Waals surface area contributed by atoms with Crippen LogP contribution in [-0.4, -0.2) is 11.1 Å². The Labute approximate surface area is 140 Å². The number of benzene rings is 3. The summed E-state index contributed by atoms with van der Waals surface area (Å²) in [6.07, 6.45) is -1.37. The van der Waals surface area contributed by atoms with Gasteiger partial charge in [0.15, 0.2) is 11.8 Å². The van der Waals surface area contributed by atoms with Gasteiger partial charge in [-0.05, 0) is 23.3 Å². The van der Waals surface area contributed by atoms with E-state index in [1.807, 2.05) is 48.5 Å². The van der Waals surface area contributed by atoms with Gasteiger partial charge in [0.1, 0.15) is 0 Å². The molecule has 0 aromatic heterocycles. The minimum Gasteiger partial charge on any atom is -0.438 e. The van der Waals surface area contributed by atoms with Crippen LogP contribution < -0.4 is 5.73 Å². The van der Waals surface area contributed by atoms with Crippen LogP contribution in [-0.2, 0) is 15.3 Å². The highest BCUT2D eigenvalue weighted by Gasteiger charge is 2.31. The molecule has 0 saturated carbocycles. The van der Waals surface area contributed by atoms with Crippen molar-refractivity contribution in [3.8, 4) is 0 Å². The van der Waals surface area contributed by atoms with Crippen molar-refractivity contribution >= 4 is 16.7 Å². The maximum atomic E-state index is 12.3. The fourth-order valence-electron chi connectivity index (χ4n) is 2.75. The first-order valence-corrected chi connectivity index (χ1v) is 7.72. The summed E-state index contributed by atoms with van der Waals surface area (Å²) >= 11 is 0. The summed E-state index contributed by atoms with van der Waals surface area (Å²) < 4.78 is 5.44. The van der Waals surface area contributed by atoms with Crippen molar-refractivity contribution in [1.82, 2.24) is 0 Å². The number of hydrogen-bond donors (Lipinski definition) is 2. The normalized spacial score (nSPS) is 14.8. The molecule has 0 fully saturated rings. The zero-order chi connectivity index (χ0) is 17.2. The third kappa shape index (κ3) is 3.15. The number of hydrogen-bond acceptors (Lipinski definition) is 4. The number of aliphatic hydroxyl groups is 1. The molecule has 0 spiro atoms.